The van der Waals surface area contributed by atoms with Crippen molar-refractivity contribution < 1.29 is 18.8 Å². The number of methoxy groups -OCH3 is 1. The Morgan fingerprint density at radius 2 is 1.88 bits per heavy atom. The van der Waals surface area contributed by atoms with Crippen molar-refractivity contribution in [3.05, 3.63) is 29.7 Å². The molecule has 8 nitrogen and oxygen atoms in total. The summed E-state index contributed by atoms with van der Waals surface area (Å²) < 4.78 is 11.2. The van der Waals surface area contributed by atoms with E-state index in [4.69, 9.17) is 9.26 Å². The van der Waals surface area contributed by atoms with Crippen molar-refractivity contribution in [2.75, 3.05) is 17.7 Å². The molecule has 0 unspecified atom stereocenters. The fourth-order valence-electron chi connectivity index (χ4n) is 5.96. The first-order valence-electron chi connectivity index (χ1n) is 12.3. The summed E-state index contributed by atoms with van der Waals surface area (Å²) in [5.41, 5.74) is 4.34. The van der Waals surface area contributed by atoms with Gasteiger partial charge in [-0.2, -0.15) is 0 Å². The Morgan fingerprint density at radius 1 is 1.15 bits per heavy atom. The Balaban J connectivity index is 1.44. The molecule has 3 saturated carbocycles. The molecule has 34 heavy (non-hydrogen) atoms. The topological polar surface area (TPSA) is 105 Å². The number of amides is 2. The number of ether oxygens (including phenoxy) is 1. The zero-order valence-electron chi connectivity index (χ0n) is 20.3. The molecule has 1 saturated heterocycles. The van der Waals surface area contributed by atoms with E-state index in [1.165, 1.54) is 0 Å². The van der Waals surface area contributed by atoms with Gasteiger partial charge < -0.3 is 25.2 Å². The number of hydrogen-bond acceptors (Lipinski definition) is 6. The van der Waals surface area contributed by atoms with Crippen LogP contribution in [0.2, 0.25) is 0 Å². The maximum atomic E-state index is 13.1. The van der Waals surface area contributed by atoms with Gasteiger partial charge in [-0.15, -0.1) is 0 Å². The van der Waals surface area contributed by atoms with E-state index >= 15 is 0 Å². The fraction of sp³-hybridized carbons (Fsp3) is 0.577. The summed E-state index contributed by atoms with van der Waals surface area (Å²) in [6.07, 6.45) is 8.10. The van der Waals surface area contributed by atoms with Crippen LogP contribution in [0, 0.1) is 13.8 Å². The van der Waals surface area contributed by atoms with Gasteiger partial charge in [0.05, 0.1) is 22.7 Å². The average molecular weight is 467 g/mol. The molecule has 3 N–H and O–H groups in total. The van der Waals surface area contributed by atoms with Crippen LogP contribution in [0.4, 0.5) is 11.4 Å². The van der Waals surface area contributed by atoms with Crippen molar-refractivity contribution in [1.82, 2.24) is 10.5 Å². The van der Waals surface area contributed by atoms with E-state index in [-0.39, 0.29) is 23.0 Å². The summed E-state index contributed by atoms with van der Waals surface area (Å²) in [6.45, 7) is 3.81. The Bertz CT molecular complexity index is 1060. The second kappa shape index (κ2) is 8.73. The Kier molecular flexibility index (Phi) is 5.88. The number of rotatable bonds is 6. The van der Waals surface area contributed by atoms with Crippen molar-refractivity contribution in [1.29, 1.82) is 0 Å². The molecule has 1 atom stereocenters. The molecule has 0 radical (unpaired) electrons. The van der Waals surface area contributed by atoms with Gasteiger partial charge in [0, 0.05) is 24.6 Å². The van der Waals surface area contributed by atoms with Gasteiger partial charge in [0.2, 0.25) is 11.8 Å². The largest absolute Gasteiger partial charge is 0.378 e. The van der Waals surface area contributed by atoms with Gasteiger partial charge in [-0.25, -0.2) is 0 Å². The molecule has 182 valence electrons. The normalized spacial score (nSPS) is 28.4. The molecule has 6 rings (SSSR count). The summed E-state index contributed by atoms with van der Waals surface area (Å²) in [7, 11) is 1.83. The van der Waals surface area contributed by atoms with E-state index in [0.717, 1.165) is 73.2 Å². The third-order valence-corrected chi connectivity index (χ3v) is 8.16. The quantitative estimate of drug-likeness (QED) is 0.580. The Labute approximate surface area is 200 Å². The van der Waals surface area contributed by atoms with Gasteiger partial charge >= 0.3 is 0 Å². The Morgan fingerprint density at radius 3 is 2.50 bits per heavy atom. The third kappa shape index (κ3) is 4.19. The van der Waals surface area contributed by atoms with Crippen molar-refractivity contribution in [2.45, 2.75) is 88.8 Å². The lowest BCUT2D eigenvalue weighted by atomic mass is 9.63. The number of benzene rings is 1. The smallest absolute Gasteiger partial charge is 0.247 e. The van der Waals surface area contributed by atoms with E-state index in [0.29, 0.717) is 18.5 Å². The molecule has 3 aliphatic carbocycles. The van der Waals surface area contributed by atoms with Crippen LogP contribution in [-0.2, 0) is 14.3 Å². The molecule has 1 aromatic heterocycles. The zero-order chi connectivity index (χ0) is 23.9. The summed E-state index contributed by atoms with van der Waals surface area (Å²) in [4.78, 5) is 25.0. The number of fused-ring (bicyclic) bond motifs is 3. The van der Waals surface area contributed by atoms with Crippen molar-refractivity contribution >= 4 is 23.2 Å². The maximum absolute atomic E-state index is 13.1. The molecule has 1 aromatic carbocycles. The monoisotopic (exact) mass is 466 g/mol. The van der Waals surface area contributed by atoms with Crippen LogP contribution in [0.15, 0.2) is 22.7 Å². The SMILES string of the molecule is COC12CCC(Nc3ccc(-c4c(C)noc4C)cc3NC(=O)[C@@H]3CCCC(=O)N3)(CC1)CC2. The number of aromatic nitrogens is 1. The number of nitrogens with zero attached hydrogens (tertiary/aromatic N) is 1. The number of piperidine rings is 1. The predicted octanol–water partition coefficient (Wildman–Crippen LogP) is 4.47. The minimum Gasteiger partial charge on any atom is -0.378 e. The van der Waals surface area contributed by atoms with Crippen LogP contribution in [0.5, 0.6) is 0 Å². The van der Waals surface area contributed by atoms with Gasteiger partial charge in [-0.05, 0) is 82.9 Å². The molecular formula is C26H34N4O4. The molecule has 4 fully saturated rings. The van der Waals surface area contributed by atoms with E-state index in [1.807, 2.05) is 33.1 Å². The highest BCUT2D eigenvalue weighted by Gasteiger charge is 2.49. The van der Waals surface area contributed by atoms with Crippen molar-refractivity contribution in [2.24, 2.45) is 0 Å². The summed E-state index contributed by atoms with van der Waals surface area (Å²) in [6, 6.07) is 5.56. The zero-order valence-corrected chi connectivity index (χ0v) is 20.3. The van der Waals surface area contributed by atoms with E-state index < -0.39 is 6.04 Å². The van der Waals surface area contributed by atoms with Crippen LogP contribution in [0.3, 0.4) is 0 Å². The number of nitrogens with one attached hydrogen (secondary N) is 3. The van der Waals surface area contributed by atoms with Crippen LogP contribution in [0.25, 0.3) is 11.1 Å². The Hall–Kier alpha value is -2.87. The van der Waals surface area contributed by atoms with Crippen LogP contribution >= 0.6 is 0 Å². The highest BCUT2D eigenvalue weighted by atomic mass is 16.5. The molecule has 8 heteroatoms. The van der Waals surface area contributed by atoms with Gasteiger partial charge in [0.1, 0.15) is 11.8 Å². The third-order valence-electron chi connectivity index (χ3n) is 8.16. The maximum Gasteiger partial charge on any atom is 0.247 e. The summed E-state index contributed by atoms with van der Waals surface area (Å²) >= 11 is 0. The fourth-order valence-corrected chi connectivity index (χ4v) is 5.96. The van der Waals surface area contributed by atoms with Gasteiger partial charge in [-0.3, -0.25) is 9.59 Å². The molecule has 1 aliphatic heterocycles. The first kappa shape index (κ1) is 22.9. The minimum absolute atomic E-state index is 0.00333. The van der Waals surface area contributed by atoms with Crippen LogP contribution in [-0.4, -0.2) is 41.3 Å². The van der Waals surface area contributed by atoms with Crippen LogP contribution in [0.1, 0.15) is 69.2 Å². The number of anilines is 2. The molecule has 2 aromatic rings. The van der Waals surface area contributed by atoms with E-state index in [1.54, 1.807) is 0 Å². The van der Waals surface area contributed by atoms with Gasteiger partial charge in [0.15, 0.2) is 0 Å². The lowest BCUT2D eigenvalue weighted by Gasteiger charge is -2.53. The van der Waals surface area contributed by atoms with Gasteiger partial charge in [0.25, 0.3) is 0 Å². The molecule has 0 spiro atoms. The second-order valence-corrected chi connectivity index (χ2v) is 10.3. The molecule has 2 amide bonds. The van der Waals surface area contributed by atoms with Crippen LogP contribution < -0.4 is 16.0 Å². The number of carbonyl (C=O) groups is 2. The summed E-state index contributed by atoms with van der Waals surface area (Å²) in [5.74, 6) is 0.485. The standard InChI is InChI=1S/C26H34N4O4/c1-16-23(17(2)34-30-16)18-7-8-19(29-25-9-12-26(33-3,13-10-25)14-11-25)21(15-18)28-24(32)20-5-4-6-22(31)27-20/h7-8,15,20,29H,4-6,9-14H2,1-3H3,(H,27,31)(H,28,32)/t20-,25?,26?/m0/s1. The molecule has 2 heterocycles. The molecule has 2 bridgehead atoms. The average Bonchev–Trinajstić information content (AvgIpc) is 3.19. The first-order chi connectivity index (χ1) is 16.3. The highest BCUT2D eigenvalue weighted by molar-refractivity contribution is 6.00. The lowest BCUT2D eigenvalue weighted by Crippen LogP contribution is -2.54. The number of carbonyl (C=O) groups excluding carboxylic acids is 2. The number of hydrogen-bond donors (Lipinski definition) is 3. The second-order valence-electron chi connectivity index (χ2n) is 10.3. The van der Waals surface area contributed by atoms with Gasteiger partial charge in [-0.1, -0.05) is 11.2 Å². The molecule has 4 aliphatic rings. The number of aryl methyl sites for hydroxylation is 2. The molecular weight excluding hydrogens is 432 g/mol. The highest BCUT2D eigenvalue weighted by Crippen LogP contribution is 2.50. The lowest BCUT2D eigenvalue weighted by molar-refractivity contribution is -0.128. The van der Waals surface area contributed by atoms with Crippen molar-refractivity contribution in [3.63, 3.8) is 0 Å². The minimum atomic E-state index is -0.512. The van der Waals surface area contributed by atoms with Crippen molar-refractivity contribution in [3.8, 4) is 11.1 Å². The summed E-state index contributed by atoms with van der Waals surface area (Å²) in [5, 5.41) is 13.8. The first-order valence-corrected chi connectivity index (χ1v) is 12.3. The van der Waals surface area contributed by atoms with E-state index in [9.17, 15) is 9.59 Å². The predicted molar refractivity (Wildman–Crippen MR) is 130 cm³/mol. The van der Waals surface area contributed by atoms with E-state index in [2.05, 4.69) is 27.2 Å².